The molecule has 0 unspecified atom stereocenters. The minimum absolute atomic E-state index is 0.0233. The molecule has 0 bridgehead atoms. The molecule has 0 atom stereocenters. The molecule has 0 N–H and O–H groups in total. The fraction of sp³-hybridized carbons (Fsp3) is 0.556. The van der Waals surface area contributed by atoms with E-state index in [0.717, 1.165) is 12.8 Å². The second kappa shape index (κ2) is 7.02. The van der Waals surface area contributed by atoms with E-state index >= 15 is 0 Å². The quantitative estimate of drug-likeness (QED) is 0.798. The Morgan fingerprint density at radius 3 is 2.39 bits per heavy atom. The minimum atomic E-state index is -0.475. The molecule has 23 heavy (non-hydrogen) atoms. The van der Waals surface area contributed by atoms with Crippen molar-refractivity contribution in [2.45, 2.75) is 52.2 Å². The molecule has 0 aliphatic carbocycles. The van der Waals surface area contributed by atoms with Crippen LogP contribution in [0.25, 0.3) is 0 Å². The summed E-state index contributed by atoms with van der Waals surface area (Å²) in [4.78, 5) is 25.2. The maximum atomic E-state index is 12.0. The van der Waals surface area contributed by atoms with Crippen LogP contribution in [0.2, 0.25) is 0 Å². The summed E-state index contributed by atoms with van der Waals surface area (Å²) in [5, 5.41) is 0. The van der Waals surface area contributed by atoms with Crippen LogP contribution < -0.4 is 4.74 Å². The zero-order valence-corrected chi connectivity index (χ0v) is 14.3. The summed E-state index contributed by atoms with van der Waals surface area (Å²) in [5.74, 6) is 0.726. The van der Waals surface area contributed by atoms with Crippen molar-refractivity contribution in [3.63, 3.8) is 0 Å². The monoisotopic (exact) mass is 319 g/mol. The molecule has 1 aliphatic rings. The van der Waals surface area contributed by atoms with Gasteiger partial charge in [0.25, 0.3) is 0 Å². The van der Waals surface area contributed by atoms with Crippen molar-refractivity contribution in [2.75, 3.05) is 13.1 Å². The third-order valence-corrected chi connectivity index (χ3v) is 3.64. The molecule has 1 aliphatic heterocycles. The van der Waals surface area contributed by atoms with Crippen LogP contribution in [0.5, 0.6) is 5.75 Å². The van der Waals surface area contributed by atoms with E-state index in [1.807, 2.05) is 32.9 Å². The van der Waals surface area contributed by atoms with E-state index in [1.165, 1.54) is 0 Å². The Labute approximate surface area is 137 Å². The van der Waals surface area contributed by atoms with Gasteiger partial charge in [-0.1, -0.05) is 12.1 Å². The van der Waals surface area contributed by atoms with Crippen LogP contribution in [0.3, 0.4) is 0 Å². The number of likely N-dealkylation sites (tertiary alicyclic amines) is 1. The van der Waals surface area contributed by atoms with Crippen molar-refractivity contribution in [1.82, 2.24) is 4.90 Å². The normalized spacial score (nSPS) is 16.1. The Balaban J connectivity index is 1.86. The molecular weight excluding hydrogens is 294 g/mol. The average molecular weight is 319 g/mol. The number of ketones is 1. The van der Waals surface area contributed by atoms with Crippen LogP contribution >= 0.6 is 0 Å². The molecule has 1 heterocycles. The first kappa shape index (κ1) is 17.3. The van der Waals surface area contributed by atoms with Gasteiger partial charge in [-0.15, -0.1) is 0 Å². The molecule has 1 aromatic carbocycles. The number of carbonyl (C=O) groups excluding carboxylic acids is 2. The average Bonchev–Trinajstić information content (AvgIpc) is 2.46. The van der Waals surface area contributed by atoms with Crippen LogP contribution in [0.1, 0.15) is 50.9 Å². The smallest absolute Gasteiger partial charge is 0.410 e. The number of benzene rings is 1. The highest BCUT2D eigenvalue weighted by Gasteiger charge is 2.27. The van der Waals surface area contributed by atoms with E-state index < -0.39 is 5.60 Å². The van der Waals surface area contributed by atoms with Gasteiger partial charge in [0, 0.05) is 31.5 Å². The molecule has 0 saturated carbocycles. The zero-order chi connectivity index (χ0) is 17.0. The summed E-state index contributed by atoms with van der Waals surface area (Å²) >= 11 is 0. The first-order chi connectivity index (χ1) is 10.7. The largest absolute Gasteiger partial charge is 0.490 e. The molecule has 5 nitrogen and oxygen atoms in total. The number of hydrogen-bond donors (Lipinski definition) is 0. The van der Waals surface area contributed by atoms with Gasteiger partial charge in [0.1, 0.15) is 17.5 Å². The fourth-order valence-corrected chi connectivity index (χ4v) is 2.46. The van der Waals surface area contributed by atoms with Crippen LogP contribution in [0, 0.1) is 0 Å². The number of Topliss-reactive ketones (excluding diaryl/α,β-unsaturated/α-hetero) is 1. The lowest BCUT2D eigenvalue weighted by Gasteiger charge is -2.33. The van der Waals surface area contributed by atoms with Crippen molar-refractivity contribution in [2.24, 2.45) is 0 Å². The molecule has 1 amide bonds. The molecule has 126 valence electrons. The number of ether oxygens (including phenoxy) is 2. The topological polar surface area (TPSA) is 55.8 Å². The zero-order valence-electron chi connectivity index (χ0n) is 14.3. The van der Waals surface area contributed by atoms with E-state index in [0.29, 0.717) is 24.4 Å². The van der Waals surface area contributed by atoms with Crippen molar-refractivity contribution < 1.29 is 19.1 Å². The Morgan fingerprint density at radius 1 is 1.17 bits per heavy atom. The number of hydrogen-bond acceptors (Lipinski definition) is 4. The number of piperidine rings is 1. The molecule has 0 radical (unpaired) electrons. The maximum absolute atomic E-state index is 12.0. The van der Waals surface area contributed by atoms with Gasteiger partial charge >= 0.3 is 6.09 Å². The molecular formula is C18H25NO4. The van der Waals surface area contributed by atoms with Crippen LogP contribution in [-0.2, 0) is 4.74 Å². The lowest BCUT2D eigenvalue weighted by Crippen LogP contribution is -2.44. The van der Waals surface area contributed by atoms with Gasteiger partial charge in [-0.05, 0) is 39.8 Å². The third kappa shape index (κ3) is 5.27. The van der Waals surface area contributed by atoms with Crippen LogP contribution in [-0.4, -0.2) is 41.6 Å². The van der Waals surface area contributed by atoms with Gasteiger partial charge in [-0.25, -0.2) is 4.79 Å². The highest BCUT2D eigenvalue weighted by atomic mass is 16.6. The molecule has 1 aromatic rings. The van der Waals surface area contributed by atoms with Gasteiger partial charge in [-0.2, -0.15) is 0 Å². The van der Waals surface area contributed by atoms with E-state index in [4.69, 9.17) is 9.47 Å². The molecule has 0 spiro atoms. The van der Waals surface area contributed by atoms with Crippen molar-refractivity contribution in [3.8, 4) is 5.75 Å². The van der Waals surface area contributed by atoms with Gasteiger partial charge in [-0.3, -0.25) is 4.79 Å². The second-order valence-corrected chi connectivity index (χ2v) is 6.87. The number of amides is 1. The highest BCUT2D eigenvalue weighted by molar-refractivity contribution is 5.94. The lowest BCUT2D eigenvalue weighted by atomic mass is 10.1. The summed E-state index contributed by atoms with van der Waals surface area (Å²) in [6.45, 7) is 8.37. The Morgan fingerprint density at radius 2 is 1.83 bits per heavy atom. The van der Waals surface area contributed by atoms with Gasteiger partial charge in [0.05, 0.1) is 0 Å². The van der Waals surface area contributed by atoms with E-state index in [2.05, 4.69) is 0 Å². The van der Waals surface area contributed by atoms with Crippen molar-refractivity contribution >= 4 is 11.9 Å². The summed E-state index contributed by atoms with van der Waals surface area (Å²) < 4.78 is 11.3. The first-order valence-corrected chi connectivity index (χ1v) is 8.00. The Kier molecular flexibility index (Phi) is 5.29. The Bertz CT molecular complexity index is 569. The van der Waals surface area contributed by atoms with Crippen molar-refractivity contribution in [3.05, 3.63) is 29.8 Å². The number of rotatable bonds is 3. The van der Waals surface area contributed by atoms with E-state index in [1.54, 1.807) is 24.0 Å². The van der Waals surface area contributed by atoms with Crippen molar-refractivity contribution in [1.29, 1.82) is 0 Å². The molecule has 2 rings (SSSR count). The van der Waals surface area contributed by atoms with E-state index in [9.17, 15) is 9.59 Å². The summed E-state index contributed by atoms with van der Waals surface area (Å²) in [6, 6.07) is 7.22. The lowest BCUT2D eigenvalue weighted by molar-refractivity contribution is 0.0126. The minimum Gasteiger partial charge on any atom is -0.490 e. The maximum Gasteiger partial charge on any atom is 0.410 e. The predicted molar refractivity (Wildman–Crippen MR) is 87.9 cm³/mol. The molecule has 1 saturated heterocycles. The predicted octanol–water partition coefficient (Wildman–Crippen LogP) is 3.67. The molecule has 0 aromatic heterocycles. The second-order valence-electron chi connectivity index (χ2n) is 6.87. The fourth-order valence-electron chi connectivity index (χ4n) is 2.46. The van der Waals surface area contributed by atoms with Gasteiger partial charge in [0.15, 0.2) is 5.78 Å². The standard InChI is InChI=1S/C18H25NO4/c1-13(20)14-6-5-7-16(12-14)22-15-8-10-19(11-9-15)17(21)23-18(2,3)4/h5-7,12,15H,8-11H2,1-4H3. The van der Waals surface area contributed by atoms with Crippen LogP contribution in [0.4, 0.5) is 4.79 Å². The van der Waals surface area contributed by atoms with Gasteiger partial charge < -0.3 is 14.4 Å². The van der Waals surface area contributed by atoms with Crippen LogP contribution in [0.15, 0.2) is 24.3 Å². The third-order valence-electron chi connectivity index (χ3n) is 3.64. The number of nitrogens with zero attached hydrogens (tertiary/aromatic N) is 1. The highest BCUT2D eigenvalue weighted by Crippen LogP contribution is 2.21. The Hall–Kier alpha value is -2.04. The summed E-state index contributed by atoms with van der Waals surface area (Å²) in [7, 11) is 0. The summed E-state index contributed by atoms with van der Waals surface area (Å²) in [5.41, 5.74) is 0.172. The van der Waals surface area contributed by atoms with Gasteiger partial charge in [0.2, 0.25) is 0 Å². The molecule has 1 fully saturated rings. The molecule has 5 heteroatoms. The number of carbonyl (C=O) groups is 2. The van der Waals surface area contributed by atoms with E-state index in [-0.39, 0.29) is 18.0 Å². The first-order valence-electron chi connectivity index (χ1n) is 8.00. The SMILES string of the molecule is CC(=O)c1cccc(OC2CCN(C(=O)OC(C)(C)C)CC2)c1. The summed E-state index contributed by atoms with van der Waals surface area (Å²) in [6.07, 6.45) is 1.29.